The Bertz CT molecular complexity index is 1530. The maximum Gasteiger partial charge on any atom is 0.472 e. The first-order valence-electron chi connectivity index (χ1n) is 23.7. The predicted molar refractivity (Wildman–Crippen MR) is 253 cm³/mol. The number of rotatable bonds is 37. The molecule has 16 nitrogen and oxygen atoms in total. The van der Waals surface area contributed by atoms with Crippen molar-refractivity contribution < 1.29 is 78.4 Å². The van der Waals surface area contributed by atoms with E-state index in [-0.39, 0.29) is 25.7 Å². The molecule has 0 amide bonds. The minimum atomic E-state index is -5.23. The predicted octanol–water partition coefficient (Wildman–Crippen LogP) is 6.19. The summed E-state index contributed by atoms with van der Waals surface area (Å²) in [6, 6.07) is 0. The van der Waals surface area contributed by atoms with Crippen LogP contribution in [0.5, 0.6) is 0 Å². The van der Waals surface area contributed by atoms with Gasteiger partial charge in [-0.05, 0) is 64.2 Å². The van der Waals surface area contributed by atoms with Gasteiger partial charge in [-0.1, -0.05) is 144 Å². The van der Waals surface area contributed by atoms with E-state index in [1.807, 2.05) is 0 Å². The van der Waals surface area contributed by atoms with Crippen LogP contribution in [-0.4, -0.2) is 132 Å². The van der Waals surface area contributed by atoms with Gasteiger partial charge in [0.05, 0.1) is 24.9 Å². The van der Waals surface area contributed by atoms with Gasteiger partial charge in [0.1, 0.15) is 43.2 Å². The molecule has 0 aromatic heterocycles. The van der Waals surface area contributed by atoms with Crippen LogP contribution in [0.25, 0.3) is 0 Å². The monoisotopic (exact) mass is 957 g/mol. The van der Waals surface area contributed by atoms with Crippen molar-refractivity contribution in [3.8, 4) is 0 Å². The lowest BCUT2D eigenvalue weighted by Crippen LogP contribution is -2.64. The molecule has 0 radical (unpaired) electrons. The van der Waals surface area contributed by atoms with Gasteiger partial charge < -0.3 is 55.2 Å². The molecule has 0 aromatic rings. The zero-order valence-corrected chi connectivity index (χ0v) is 39.9. The Morgan fingerprint density at radius 2 is 1.09 bits per heavy atom. The van der Waals surface area contributed by atoms with Gasteiger partial charge in [0.2, 0.25) is 0 Å². The maximum atomic E-state index is 12.8. The Morgan fingerprint density at radius 1 is 0.576 bits per heavy atom. The Morgan fingerprint density at radius 3 is 1.71 bits per heavy atom. The van der Waals surface area contributed by atoms with Crippen LogP contribution in [0.1, 0.15) is 136 Å². The topological polar surface area (TPSA) is 270 Å². The number of unbranched alkanes of at least 4 members (excludes halogenated alkanes) is 9. The number of esters is 2. The molecule has 0 saturated heterocycles. The highest BCUT2D eigenvalue weighted by Gasteiger charge is 2.51. The Kier molecular flexibility index (Phi) is 34.9. The van der Waals surface area contributed by atoms with E-state index < -0.39 is 94.0 Å². The zero-order valence-electron chi connectivity index (χ0n) is 39.0. The van der Waals surface area contributed by atoms with Crippen LogP contribution in [-0.2, 0) is 32.7 Å². The lowest BCUT2D eigenvalue weighted by Gasteiger charge is -2.41. The van der Waals surface area contributed by atoms with Gasteiger partial charge in [0, 0.05) is 12.8 Å². The van der Waals surface area contributed by atoms with Gasteiger partial charge in [0.15, 0.2) is 6.10 Å². The molecule has 0 aliphatic heterocycles. The molecule has 1 fully saturated rings. The summed E-state index contributed by atoms with van der Waals surface area (Å²) in [5, 5.41) is 80.8. The minimum Gasteiger partial charge on any atom is -0.462 e. The smallest absolute Gasteiger partial charge is 0.462 e. The largest absolute Gasteiger partial charge is 0.472 e. The number of hydrogen-bond acceptors (Lipinski definition) is 15. The molecule has 11 atom stereocenters. The molecular weight excluding hydrogens is 875 g/mol. The van der Waals surface area contributed by atoms with Crippen LogP contribution in [0.2, 0.25) is 0 Å². The zero-order chi connectivity index (χ0) is 49.0. The highest BCUT2D eigenvalue weighted by atomic mass is 31.2. The van der Waals surface area contributed by atoms with Crippen LogP contribution >= 0.6 is 7.82 Å². The summed E-state index contributed by atoms with van der Waals surface area (Å²) in [5.41, 5.74) is 0. The van der Waals surface area contributed by atoms with E-state index in [4.69, 9.17) is 18.5 Å². The second-order valence-corrected chi connectivity index (χ2v) is 17.9. The summed E-state index contributed by atoms with van der Waals surface area (Å²) in [4.78, 5) is 35.8. The summed E-state index contributed by atoms with van der Waals surface area (Å²) in [6.07, 6.45) is 24.0. The van der Waals surface area contributed by atoms with Crippen molar-refractivity contribution in [1.82, 2.24) is 0 Å². The van der Waals surface area contributed by atoms with Gasteiger partial charge in [-0.25, -0.2) is 4.57 Å². The Balaban J connectivity index is 2.63. The fourth-order valence-electron chi connectivity index (χ4n) is 6.56. The first kappa shape index (κ1) is 60.9. The van der Waals surface area contributed by atoms with Crippen LogP contribution in [0.4, 0.5) is 0 Å². The average Bonchev–Trinajstić information content (AvgIpc) is 3.29. The van der Waals surface area contributed by atoms with Gasteiger partial charge in [-0.2, -0.15) is 0 Å². The molecule has 0 aromatic carbocycles. The third kappa shape index (κ3) is 29.6. The number of carbonyl (C=O) groups excluding carboxylic acids is 2. The van der Waals surface area contributed by atoms with E-state index in [1.165, 1.54) is 25.3 Å². The molecule has 66 heavy (non-hydrogen) atoms. The van der Waals surface area contributed by atoms with Crippen LogP contribution in [0, 0.1) is 0 Å². The number of ether oxygens (including phenoxy) is 2. The Hall–Kier alpha value is -3.09. The molecule has 1 rings (SSSR count). The first-order valence-corrected chi connectivity index (χ1v) is 25.2. The van der Waals surface area contributed by atoms with Crippen LogP contribution in [0.3, 0.4) is 0 Å². The van der Waals surface area contributed by atoms with E-state index in [0.717, 1.165) is 64.2 Å². The van der Waals surface area contributed by atoms with Crippen molar-refractivity contribution in [3.05, 3.63) is 85.1 Å². The quantitative estimate of drug-likeness (QED) is 0.0110. The van der Waals surface area contributed by atoms with E-state index >= 15 is 0 Å². The molecule has 0 spiro atoms. The number of hydrogen-bond donors (Lipinski definition) is 9. The first-order chi connectivity index (χ1) is 31.6. The van der Waals surface area contributed by atoms with Crippen LogP contribution < -0.4 is 0 Å². The van der Waals surface area contributed by atoms with Crippen molar-refractivity contribution in [2.45, 2.75) is 197 Å². The second-order valence-electron chi connectivity index (χ2n) is 16.5. The maximum absolute atomic E-state index is 12.8. The van der Waals surface area contributed by atoms with Crippen molar-refractivity contribution in [3.63, 3.8) is 0 Å². The minimum absolute atomic E-state index is 0.00509. The third-order valence-electron chi connectivity index (χ3n) is 10.6. The van der Waals surface area contributed by atoms with Crippen molar-refractivity contribution in [1.29, 1.82) is 0 Å². The van der Waals surface area contributed by atoms with Gasteiger partial charge >= 0.3 is 19.8 Å². The molecule has 0 bridgehead atoms. The van der Waals surface area contributed by atoms with E-state index in [0.29, 0.717) is 12.8 Å². The molecule has 378 valence electrons. The normalized spacial score (nSPS) is 23.5. The molecular formula is C49H81O16P. The summed E-state index contributed by atoms with van der Waals surface area (Å²) in [6.45, 7) is 2.85. The van der Waals surface area contributed by atoms with E-state index in [2.05, 4.69) is 50.3 Å². The standard InChI is InChI=1S/C49H81O16P/c1-3-5-7-8-9-10-11-12-13-14-15-16-17-18-19-24-28-34-42(53)62-36-39(37-63-66(60,61)65-49-47(58)45(56)44(55)46(57)48(49)59)64-43(54)35-29-33-41(52)40(51)32-27-23-21-20-22-26-31-38(50)30-25-6-4-2/h9-10,12-13,15-16,20-23,26-27,31-32,38-41,44-52,55-59H,3-8,11,14,17-19,24-25,28-30,33-37H2,1-2H3,(H,60,61)/b10-9-,13-12-,16-15-,22-20-,23-21+,31-26+,32-27+/t38-,39+,40-,41-,44?,45-,46+,47+,48+,49?/m0/s1. The van der Waals surface area contributed by atoms with Gasteiger partial charge in [-0.15, -0.1) is 0 Å². The molecule has 1 saturated carbocycles. The summed E-state index contributed by atoms with van der Waals surface area (Å²) in [7, 11) is -5.23. The number of phosphoric acid groups is 1. The van der Waals surface area contributed by atoms with Gasteiger partial charge in [-0.3, -0.25) is 18.6 Å². The van der Waals surface area contributed by atoms with Crippen molar-refractivity contribution in [2.24, 2.45) is 0 Å². The fourth-order valence-corrected chi connectivity index (χ4v) is 7.53. The van der Waals surface area contributed by atoms with Crippen LogP contribution in [0.15, 0.2) is 85.1 Å². The highest BCUT2D eigenvalue weighted by Crippen LogP contribution is 2.47. The molecule has 17 heteroatoms. The van der Waals surface area contributed by atoms with Gasteiger partial charge in [0.25, 0.3) is 0 Å². The number of aliphatic hydroxyl groups is 8. The lowest BCUT2D eigenvalue weighted by molar-refractivity contribution is -0.220. The van der Waals surface area contributed by atoms with Crippen molar-refractivity contribution in [2.75, 3.05) is 13.2 Å². The third-order valence-corrected chi connectivity index (χ3v) is 11.6. The molecule has 0 heterocycles. The SMILES string of the molecule is CCCCC/C=C\C/C=C\C/C=C\CCCCCCC(=O)OC[C@H](COP(=O)(O)OC1[C@H](O)[C@H](O)C(O)[C@H](O)[C@H]1O)OC(=O)CCC[C@H](O)[C@@H](O)/C=C/C=C/C=C\C=C\[C@@H](O)CCCCC. The second kappa shape index (κ2) is 37.8. The average molecular weight is 957 g/mol. The van der Waals surface area contributed by atoms with Crippen molar-refractivity contribution >= 4 is 19.8 Å². The molecule has 9 N–H and O–H groups in total. The van der Waals surface area contributed by atoms with E-state index in [1.54, 1.807) is 42.5 Å². The fraction of sp³-hybridized carbons (Fsp3) is 0.673. The number of aliphatic hydroxyl groups excluding tert-OH is 8. The molecule has 3 unspecified atom stereocenters. The number of phosphoric ester groups is 1. The molecule has 1 aliphatic carbocycles. The summed E-state index contributed by atoms with van der Waals surface area (Å²) < 4.78 is 33.3. The Labute approximate surface area is 392 Å². The lowest BCUT2D eigenvalue weighted by atomic mass is 9.85. The number of allylic oxidation sites excluding steroid dienone is 12. The highest BCUT2D eigenvalue weighted by molar-refractivity contribution is 7.47. The van der Waals surface area contributed by atoms with E-state index in [9.17, 15) is 59.9 Å². The summed E-state index contributed by atoms with van der Waals surface area (Å²) >= 11 is 0. The number of carbonyl (C=O) groups is 2. The summed E-state index contributed by atoms with van der Waals surface area (Å²) in [5.74, 6) is -1.46. The molecule has 1 aliphatic rings.